The van der Waals surface area contributed by atoms with E-state index in [2.05, 4.69) is 45.3 Å². The minimum Gasteiger partial charge on any atom is -0.496 e. The quantitative estimate of drug-likeness (QED) is 0.897. The fourth-order valence-corrected chi connectivity index (χ4v) is 2.64. The summed E-state index contributed by atoms with van der Waals surface area (Å²) in [4.78, 5) is 6.84. The maximum Gasteiger partial charge on any atom is 0.245 e. The van der Waals surface area contributed by atoms with E-state index in [9.17, 15) is 0 Å². The van der Waals surface area contributed by atoms with Crippen LogP contribution < -0.4 is 15.0 Å². The highest BCUT2D eigenvalue weighted by atomic mass is 16.5. The summed E-state index contributed by atoms with van der Waals surface area (Å²) in [6.45, 7) is 7.02. The Labute approximate surface area is 124 Å². The third-order valence-electron chi connectivity index (χ3n) is 3.74. The van der Waals surface area contributed by atoms with E-state index in [1.54, 1.807) is 7.11 Å². The average molecular weight is 287 g/mol. The number of anilines is 1. The fraction of sp³-hybridized carbons (Fsp3) is 0.467. The van der Waals surface area contributed by atoms with Gasteiger partial charge in [0.05, 0.1) is 12.7 Å². The maximum atomic E-state index is 5.42. The van der Waals surface area contributed by atoms with Gasteiger partial charge < -0.3 is 15.0 Å². The zero-order chi connectivity index (χ0) is 14.8. The lowest BCUT2D eigenvalue weighted by atomic mass is 10.1. The van der Waals surface area contributed by atoms with E-state index in [1.807, 2.05) is 12.1 Å². The molecule has 0 aliphatic carbocycles. The molecular weight excluding hydrogens is 266 g/mol. The molecule has 0 bridgehead atoms. The van der Waals surface area contributed by atoms with Crippen molar-refractivity contribution in [2.75, 3.05) is 31.6 Å². The van der Waals surface area contributed by atoms with Crippen LogP contribution in [-0.4, -0.2) is 48.0 Å². The van der Waals surface area contributed by atoms with Gasteiger partial charge >= 0.3 is 0 Å². The molecule has 1 aliphatic rings. The van der Waals surface area contributed by atoms with Crippen molar-refractivity contribution < 1.29 is 4.74 Å². The molecule has 112 valence electrons. The number of aromatic amines is 1. The molecule has 0 amide bonds. The van der Waals surface area contributed by atoms with E-state index in [4.69, 9.17) is 4.74 Å². The lowest BCUT2D eigenvalue weighted by Gasteiger charge is -2.30. The maximum absolute atomic E-state index is 5.42. The average Bonchev–Trinajstić information content (AvgIpc) is 2.97. The van der Waals surface area contributed by atoms with E-state index in [0.29, 0.717) is 6.04 Å². The summed E-state index contributed by atoms with van der Waals surface area (Å²) in [6, 6.07) is 6.50. The van der Waals surface area contributed by atoms with Crippen molar-refractivity contribution >= 4 is 5.95 Å². The predicted octanol–water partition coefficient (Wildman–Crippen LogP) is 1.59. The Morgan fingerprint density at radius 1 is 1.38 bits per heavy atom. The third kappa shape index (κ3) is 2.85. The van der Waals surface area contributed by atoms with Crippen molar-refractivity contribution in [3.05, 3.63) is 23.8 Å². The molecule has 1 fully saturated rings. The summed E-state index contributed by atoms with van der Waals surface area (Å²) in [7, 11) is 1.67. The fourth-order valence-electron chi connectivity index (χ4n) is 2.64. The number of piperazine rings is 1. The number of aryl methyl sites for hydroxylation is 1. The Morgan fingerprint density at radius 3 is 3.00 bits per heavy atom. The molecule has 6 heteroatoms. The number of rotatable bonds is 3. The molecule has 1 aromatic heterocycles. The largest absolute Gasteiger partial charge is 0.496 e. The lowest BCUT2D eigenvalue weighted by Crippen LogP contribution is -2.49. The van der Waals surface area contributed by atoms with Gasteiger partial charge in [0, 0.05) is 25.7 Å². The normalized spacial score (nSPS) is 18.8. The Kier molecular flexibility index (Phi) is 3.79. The highest BCUT2D eigenvalue weighted by Crippen LogP contribution is 2.29. The van der Waals surface area contributed by atoms with Crippen LogP contribution in [0.25, 0.3) is 11.4 Å². The summed E-state index contributed by atoms with van der Waals surface area (Å²) < 4.78 is 5.42. The standard InChI is InChI=1S/C15H21N5O/c1-10-4-5-13(21-3)12(8-10)14-17-15(19-18-14)20-7-6-16-11(2)9-20/h4-5,8,11,16H,6-7,9H2,1-3H3,(H,17,18,19)/t11-/m1/s1. The summed E-state index contributed by atoms with van der Waals surface area (Å²) >= 11 is 0. The minimum absolute atomic E-state index is 0.453. The van der Waals surface area contributed by atoms with Gasteiger partial charge in [-0.25, -0.2) is 0 Å². The molecule has 3 rings (SSSR count). The minimum atomic E-state index is 0.453. The highest BCUT2D eigenvalue weighted by Gasteiger charge is 2.20. The van der Waals surface area contributed by atoms with E-state index in [-0.39, 0.29) is 0 Å². The number of H-pyrrole nitrogens is 1. The van der Waals surface area contributed by atoms with Gasteiger partial charge in [0.15, 0.2) is 5.82 Å². The van der Waals surface area contributed by atoms with Gasteiger partial charge in [0.1, 0.15) is 5.75 Å². The predicted molar refractivity (Wildman–Crippen MR) is 82.8 cm³/mol. The number of methoxy groups -OCH3 is 1. The van der Waals surface area contributed by atoms with Crippen LogP contribution in [0.15, 0.2) is 18.2 Å². The number of nitrogens with zero attached hydrogens (tertiary/aromatic N) is 3. The molecule has 21 heavy (non-hydrogen) atoms. The molecule has 0 unspecified atom stereocenters. The van der Waals surface area contributed by atoms with Gasteiger partial charge in [-0.3, -0.25) is 5.10 Å². The van der Waals surface area contributed by atoms with Crippen LogP contribution >= 0.6 is 0 Å². The molecule has 1 atom stereocenters. The van der Waals surface area contributed by atoms with Crippen LogP contribution in [0.3, 0.4) is 0 Å². The van der Waals surface area contributed by atoms with E-state index in [0.717, 1.165) is 42.7 Å². The number of aromatic nitrogens is 3. The first-order chi connectivity index (χ1) is 10.2. The molecule has 1 aliphatic heterocycles. The molecule has 1 aromatic carbocycles. The van der Waals surface area contributed by atoms with Crippen LogP contribution in [0.4, 0.5) is 5.95 Å². The Hall–Kier alpha value is -2.08. The van der Waals surface area contributed by atoms with Crippen molar-refractivity contribution in [1.29, 1.82) is 0 Å². The van der Waals surface area contributed by atoms with Crippen LogP contribution in [0.5, 0.6) is 5.75 Å². The molecule has 2 N–H and O–H groups in total. The summed E-state index contributed by atoms with van der Waals surface area (Å²) in [5.41, 5.74) is 2.11. The van der Waals surface area contributed by atoms with Gasteiger partial charge in [-0.05, 0) is 26.0 Å². The molecule has 6 nitrogen and oxygen atoms in total. The molecule has 2 heterocycles. The number of nitrogens with one attached hydrogen (secondary N) is 2. The first kappa shape index (κ1) is 13.9. The van der Waals surface area contributed by atoms with Gasteiger partial charge in [-0.1, -0.05) is 11.6 Å². The Bertz CT molecular complexity index is 624. The summed E-state index contributed by atoms with van der Waals surface area (Å²) in [6.07, 6.45) is 0. The van der Waals surface area contributed by atoms with Crippen molar-refractivity contribution in [2.24, 2.45) is 0 Å². The first-order valence-electron chi connectivity index (χ1n) is 7.23. The van der Waals surface area contributed by atoms with Gasteiger partial charge in [0.2, 0.25) is 5.95 Å². The van der Waals surface area contributed by atoms with Gasteiger partial charge in [0.25, 0.3) is 0 Å². The van der Waals surface area contributed by atoms with E-state index in [1.165, 1.54) is 5.56 Å². The molecular formula is C15H21N5O. The van der Waals surface area contributed by atoms with E-state index >= 15 is 0 Å². The molecule has 0 spiro atoms. The summed E-state index contributed by atoms with van der Waals surface area (Å²) in [5.74, 6) is 2.30. The highest BCUT2D eigenvalue weighted by molar-refractivity contribution is 5.66. The summed E-state index contributed by atoms with van der Waals surface area (Å²) in [5, 5.41) is 10.8. The third-order valence-corrected chi connectivity index (χ3v) is 3.74. The van der Waals surface area contributed by atoms with Crippen molar-refractivity contribution in [2.45, 2.75) is 19.9 Å². The lowest BCUT2D eigenvalue weighted by molar-refractivity contribution is 0.416. The second kappa shape index (κ2) is 5.73. The van der Waals surface area contributed by atoms with Crippen LogP contribution in [0.2, 0.25) is 0 Å². The Morgan fingerprint density at radius 2 is 2.24 bits per heavy atom. The van der Waals surface area contributed by atoms with Crippen molar-refractivity contribution in [3.63, 3.8) is 0 Å². The molecule has 0 saturated carbocycles. The number of hydrogen-bond donors (Lipinski definition) is 2. The van der Waals surface area contributed by atoms with Crippen molar-refractivity contribution in [3.8, 4) is 17.1 Å². The number of benzene rings is 1. The van der Waals surface area contributed by atoms with Crippen LogP contribution in [-0.2, 0) is 0 Å². The van der Waals surface area contributed by atoms with Crippen molar-refractivity contribution in [1.82, 2.24) is 20.5 Å². The van der Waals surface area contributed by atoms with Crippen LogP contribution in [0, 0.1) is 6.92 Å². The zero-order valence-corrected chi connectivity index (χ0v) is 12.7. The monoisotopic (exact) mass is 287 g/mol. The van der Waals surface area contributed by atoms with Crippen LogP contribution in [0.1, 0.15) is 12.5 Å². The molecule has 2 aromatic rings. The van der Waals surface area contributed by atoms with Gasteiger partial charge in [-0.2, -0.15) is 4.98 Å². The second-order valence-corrected chi connectivity index (χ2v) is 5.49. The first-order valence-corrected chi connectivity index (χ1v) is 7.23. The van der Waals surface area contributed by atoms with Gasteiger partial charge in [-0.15, -0.1) is 5.10 Å². The molecule has 0 radical (unpaired) electrons. The Balaban J connectivity index is 1.89. The SMILES string of the molecule is COc1ccc(C)cc1-c1nc(N2CCN[C@H](C)C2)n[nH]1. The number of ether oxygens (including phenoxy) is 1. The smallest absolute Gasteiger partial charge is 0.245 e. The van der Waals surface area contributed by atoms with E-state index < -0.39 is 0 Å². The molecule has 1 saturated heterocycles. The topological polar surface area (TPSA) is 66.1 Å². The zero-order valence-electron chi connectivity index (χ0n) is 12.7. The second-order valence-electron chi connectivity index (χ2n) is 5.49. The number of hydrogen-bond acceptors (Lipinski definition) is 5.